The molecule has 2 aliphatic rings. The summed E-state index contributed by atoms with van der Waals surface area (Å²) in [6.07, 6.45) is 6.59. The summed E-state index contributed by atoms with van der Waals surface area (Å²) in [5.41, 5.74) is 10.8. The Morgan fingerprint density at radius 3 is 2.47 bits per heavy atom. The highest BCUT2D eigenvalue weighted by Gasteiger charge is 2.30. The average molecular weight is 637 g/mol. The van der Waals surface area contributed by atoms with Gasteiger partial charge in [-0.3, -0.25) is 20.7 Å². The largest absolute Gasteiger partial charge is 0.484 e. The summed E-state index contributed by atoms with van der Waals surface area (Å²) >= 11 is 0. The highest BCUT2D eigenvalue weighted by molar-refractivity contribution is 6.05. The first kappa shape index (κ1) is 33.7. The Bertz CT molecular complexity index is 1720. The van der Waals surface area contributed by atoms with Gasteiger partial charge in [0.15, 0.2) is 0 Å². The minimum atomic E-state index is -0.369. The van der Waals surface area contributed by atoms with Crippen molar-refractivity contribution in [2.75, 3.05) is 20.1 Å². The van der Waals surface area contributed by atoms with Gasteiger partial charge >= 0.3 is 6.03 Å². The van der Waals surface area contributed by atoms with Gasteiger partial charge in [-0.2, -0.15) is 0 Å². The van der Waals surface area contributed by atoms with Crippen LogP contribution in [0.3, 0.4) is 0 Å². The fourth-order valence-electron chi connectivity index (χ4n) is 6.05. The second kappa shape index (κ2) is 14.4. The second-order valence-electron chi connectivity index (χ2n) is 13.8. The van der Waals surface area contributed by atoms with Crippen molar-refractivity contribution in [1.82, 2.24) is 20.1 Å². The van der Waals surface area contributed by atoms with E-state index in [4.69, 9.17) is 21.3 Å². The summed E-state index contributed by atoms with van der Waals surface area (Å²) in [7, 11) is 2.08. The van der Waals surface area contributed by atoms with E-state index in [1.54, 1.807) is 29.0 Å². The van der Waals surface area contributed by atoms with E-state index in [9.17, 15) is 4.79 Å². The number of amides is 2. The van der Waals surface area contributed by atoms with E-state index in [1.807, 2.05) is 76.2 Å². The minimum Gasteiger partial charge on any atom is -0.484 e. The van der Waals surface area contributed by atoms with Gasteiger partial charge in [-0.15, -0.1) is 0 Å². The van der Waals surface area contributed by atoms with Crippen LogP contribution in [0.15, 0.2) is 83.6 Å². The number of piperidine rings is 1. The van der Waals surface area contributed by atoms with E-state index in [0.29, 0.717) is 41.6 Å². The number of rotatable bonds is 6. The molecule has 248 valence electrons. The molecular formula is C37H48N8O2. The van der Waals surface area contributed by atoms with Crippen LogP contribution in [0.4, 0.5) is 10.5 Å². The molecule has 0 unspecified atom stereocenters. The lowest BCUT2D eigenvalue weighted by Gasteiger charge is -2.33. The molecule has 0 radical (unpaired) electrons. The summed E-state index contributed by atoms with van der Waals surface area (Å²) < 4.78 is 8.16. The van der Waals surface area contributed by atoms with Crippen molar-refractivity contribution in [3.63, 3.8) is 0 Å². The lowest BCUT2D eigenvalue weighted by atomic mass is 9.85. The van der Waals surface area contributed by atoms with Crippen LogP contribution in [0.5, 0.6) is 5.75 Å². The van der Waals surface area contributed by atoms with E-state index in [0.717, 1.165) is 42.6 Å². The third-order valence-corrected chi connectivity index (χ3v) is 8.89. The smallest absolute Gasteiger partial charge is 0.320 e. The molecule has 3 aromatic rings. The van der Waals surface area contributed by atoms with Gasteiger partial charge in [0.1, 0.15) is 29.0 Å². The number of nitrogens with two attached hydrogens (primary N) is 1. The van der Waals surface area contributed by atoms with Gasteiger partial charge in [-0.05, 0) is 81.6 Å². The van der Waals surface area contributed by atoms with Gasteiger partial charge in [0.25, 0.3) is 0 Å². The highest BCUT2D eigenvalue weighted by atomic mass is 16.5. The number of hydrogen-bond donors (Lipinski definition) is 5. The molecule has 1 aromatic heterocycles. The lowest BCUT2D eigenvalue weighted by molar-refractivity contribution is 0.171. The van der Waals surface area contributed by atoms with Gasteiger partial charge in [0, 0.05) is 29.7 Å². The predicted octanol–water partition coefficient (Wildman–Crippen LogP) is 6.32. The molecule has 3 atom stereocenters. The van der Waals surface area contributed by atoms with Crippen molar-refractivity contribution < 1.29 is 9.53 Å². The highest BCUT2D eigenvalue weighted by Crippen LogP contribution is 2.38. The number of ether oxygens (including phenoxy) is 1. The Morgan fingerprint density at radius 1 is 1.04 bits per heavy atom. The Hall–Kier alpha value is -4.70. The molecule has 2 heterocycles. The zero-order valence-electron chi connectivity index (χ0n) is 28.1. The minimum absolute atomic E-state index is 0.0781. The average Bonchev–Trinajstić information content (AvgIpc) is 3.03. The quantitative estimate of drug-likeness (QED) is 0.159. The molecule has 6 N–H and O–H groups in total. The predicted molar refractivity (Wildman–Crippen MR) is 187 cm³/mol. The third-order valence-electron chi connectivity index (χ3n) is 8.89. The monoisotopic (exact) mass is 636 g/mol. The number of fused-ring (bicyclic) bond motifs is 1. The first-order valence-electron chi connectivity index (χ1n) is 16.4. The number of aromatic nitrogens is 1. The van der Waals surface area contributed by atoms with Crippen LogP contribution in [0.25, 0.3) is 0 Å². The van der Waals surface area contributed by atoms with Crippen molar-refractivity contribution >= 4 is 23.4 Å². The number of hydrogen-bond acceptors (Lipinski definition) is 7. The molecule has 1 aliphatic carbocycles. The maximum Gasteiger partial charge on any atom is 0.320 e. The summed E-state index contributed by atoms with van der Waals surface area (Å²) in [6, 6.07) is 18.7. The van der Waals surface area contributed by atoms with Crippen molar-refractivity contribution in [3.05, 3.63) is 101 Å². The third kappa shape index (κ3) is 8.56. The van der Waals surface area contributed by atoms with Gasteiger partial charge in [-0.1, -0.05) is 62.7 Å². The fourth-order valence-corrected chi connectivity index (χ4v) is 6.05. The molecule has 1 fully saturated rings. The van der Waals surface area contributed by atoms with Crippen molar-refractivity contribution in [2.24, 2.45) is 22.1 Å². The summed E-state index contributed by atoms with van der Waals surface area (Å²) in [5, 5.41) is 23.4. The maximum absolute atomic E-state index is 13.4. The van der Waals surface area contributed by atoms with Crippen LogP contribution in [0.1, 0.15) is 75.3 Å². The zero-order chi connectivity index (χ0) is 33.7. The second-order valence-corrected chi connectivity index (χ2v) is 13.8. The van der Waals surface area contributed by atoms with Gasteiger partial charge < -0.3 is 20.7 Å². The number of benzene rings is 2. The summed E-state index contributed by atoms with van der Waals surface area (Å²) in [6.45, 7) is 9.91. The first-order valence-corrected chi connectivity index (χ1v) is 16.4. The zero-order valence-corrected chi connectivity index (χ0v) is 28.1. The molecule has 0 saturated carbocycles. The van der Waals surface area contributed by atoms with Crippen LogP contribution in [0, 0.1) is 29.1 Å². The van der Waals surface area contributed by atoms with Gasteiger partial charge in [0.05, 0.1) is 17.9 Å². The molecule has 1 aliphatic heterocycles. The van der Waals surface area contributed by atoms with Crippen molar-refractivity contribution in [3.8, 4) is 5.75 Å². The van der Waals surface area contributed by atoms with Crippen molar-refractivity contribution in [2.45, 2.75) is 65.5 Å². The first-order chi connectivity index (χ1) is 22.4. The Morgan fingerprint density at radius 2 is 1.77 bits per heavy atom. The summed E-state index contributed by atoms with van der Waals surface area (Å²) in [5.74, 6) is 1.48. The van der Waals surface area contributed by atoms with Crippen LogP contribution in [-0.2, 0) is 0 Å². The number of nitrogens with one attached hydrogen (secondary N) is 4. The standard InChI is InChI=1S/C37H48N8O2/c1-24-12-14-26(15-13-24)41-34(21-32(38)37(2,3)4)43-36(46)42-30-17-18-31(29-11-7-6-10-28(29)30)47-27-16-19-33(39)45(23-27)35(40)25-9-8-20-44(5)22-25/h6-7,10-16,19,21,23,25,30-31,39-40H,8-9,17-18,20,22,38H2,1-5H3,(H2,41,42,43,46)/b32-21-,39-33?,40-35?/t25-,30+,31-/m1/s1. The fraction of sp³-hybridized carbons (Fsp3) is 0.405. The number of likely N-dealkylation sites (tertiary alicyclic amines) is 1. The molecule has 1 saturated heterocycles. The number of pyridine rings is 1. The number of nitrogens with zero attached hydrogens (tertiary/aromatic N) is 3. The van der Waals surface area contributed by atoms with Gasteiger partial charge in [-0.25, -0.2) is 9.79 Å². The van der Waals surface area contributed by atoms with Crippen LogP contribution >= 0.6 is 0 Å². The number of allylic oxidation sites excluding steroid dienone is 1. The van der Waals surface area contributed by atoms with Crippen LogP contribution in [-0.4, -0.2) is 47.3 Å². The molecule has 5 rings (SSSR count). The normalized spacial score (nSPS) is 20.7. The number of urea groups is 1. The molecule has 10 heteroatoms. The Kier molecular flexibility index (Phi) is 10.3. The summed E-state index contributed by atoms with van der Waals surface area (Å²) in [4.78, 5) is 20.3. The maximum atomic E-state index is 13.4. The topological polar surface area (TPSA) is 145 Å². The number of amidine groups is 1. The number of aryl methyl sites for hydroxylation is 1. The number of aliphatic imine (C=N–C) groups is 1. The lowest BCUT2D eigenvalue weighted by Crippen LogP contribution is -2.42. The SMILES string of the molecule is Cc1ccc(N=C(/C=C(\N)C(C)(C)C)NC(=O)N[C@H]2CC[C@@H](Oc3ccc(=N)n(C(=N)[C@@H]4CCCN(C)C4)c3)c3ccccc32)cc1. The Balaban J connectivity index is 1.31. The number of carbonyl (C=O) groups excluding carboxylic acids is 1. The van der Waals surface area contributed by atoms with Crippen molar-refractivity contribution in [1.29, 1.82) is 10.8 Å². The molecule has 0 bridgehead atoms. The molecular weight excluding hydrogens is 588 g/mol. The van der Waals surface area contributed by atoms with E-state index in [-0.39, 0.29) is 35.0 Å². The van der Waals surface area contributed by atoms with Crippen LogP contribution in [0.2, 0.25) is 0 Å². The van der Waals surface area contributed by atoms with Gasteiger partial charge in [0.2, 0.25) is 0 Å². The molecule has 2 amide bonds. The molecule has 0 spiro atoms. The van der Waals surface area contributed by atoms with E-state index < -0.39 is 0 Å². The molecule has 10 nitrogen and oxygen atoms in total. The van der Waals surface area contributed by atoms with Crippen LogP contribution < -0.4 is 26.6 Å². The number of carbonyl (C=O) groups is 1. The van der Waals surface area contributed by atoms with E-state index in [2.05, 4.69) is 27.6 Å². The van der Waals surface area contributed by atoms with E-state index >= 15 is 0 Å². The van der Waals surface area contributed by atoms with E-state index in [1.165, 1.54) is 0 Å². The Labute approximate surface area is 277 Å². The molecule has 47 heavy (non-hydrogen) atoms. The molecule has 2 aromatic carbocycles.